The average Bonchev–Trinajstić information content (AvgIpc) is 2.91. The Kier molecular flexibility index (Phi) is 3.57. The maximum atomic E-state index is 13.2. The monoisotopic (exact) mass is 361 g/mol. The smallest absolute Gasteiger partial charge is 0.252 e. The van der Waals surface area contributed by atoms with Gasteiger partial charge in [0, 0.05) is 12.1 Å². The Morgan fingerprint density at radius 1 is 1.43 bits per heavy atom. The molecule has 2 aliphatic heterocycles. The minimum Gasteiger partial charge on any atom is -0.501 e. The standard InChI is InChI=1S/C14H13ClFNO5S/c1-14(9-4-3-8(16)7-10(9)15)12(19)11(18)13(22-14)17-5-2-6-23(17,20)21/h3-4,7,18H,2,5-6H2,1H3. The van der Waals surface area contributed by atoms with Gasteiger partial charge in [-0.05, 0) is 25.5 Å². The highest BCUT2D eigenvalue weighted by molar-refractivity contribution is 7.89. The van der Waals surface area contributed by atoms with E-state index in [2.05, 4.69) is 0 Å². The molecule has 1 N–H and O–H groups in total. The van der Waals surface area contributed by atoms with Gasteiger partial charge in [0.25, 0.3) is 11.7 Å². The summed E-state index contributed by atoms with van der Waals surface area (Å²) in [6.45, 7) is 1.46. The average molecular weight is 362 g/mol. The van der Waals surface area contributed by atoms with Crippen LogP contribution in [0, 0.1) is 5.82 Å². The van der Waals surface area contributed by atoms with Gasteiger partial charge in [-0.15, -0.1) is 0 Å². The Morgan fingerprint density at radius 2 is 2.13 bits per heavy atom. The highest BCUT2D eigenvalue weighted by Crippen LogP contribution is 2.43. The van der Waals surface area contributed by atoms with Crippen LogP contribution in [0.4, 0.5) is 4.39 Å². The molecule has 1 aromatic carbocycles. The van der Waals surface area contributed by atoms with Crippen LogP contribution < -0.4 is 0 Å². The van der Waals surface area contributed by atoms with Crippen molar-refractivity contribution in [2.75, 3.05) is 12.3 Å². The van der Waals surface area contributed by atoms with Crippen LogP contribution in [-0.2, 0) is 25.2 Å². The molecular formula is C14H13ClFNO5S. The number of Topliss-reactive ketones (excluding diaryl/α,β-unsaturated/α-hetero) is 1. The predicted octanol–water partition coefficient (Wildman–Crippen LogP) is 2.06. The lowest BCUT2D eigenvalue weighted by molar-refractivity contribution is -0.132. The molecule has 2 heterocycles. The molecule has 0 saturated carbocycles. The molecule has 1 fully saturated rings. The maximum absolute atomic E-state index is 13.2. The van der Waals surface area contributed by atoms with E-state index < -0.39 is 38.9 Å². The Balaban J connectivity index is 2.04. The molecule has 1 atom stereocenters. The number of aliphatic hydroxyl groups is 1. The number of hydrogen-bond acceptors (Lipinski definition) is 5. The Morgan fingerprint density at radius 3 is 2.70 bits per heavy atom. The minimum atomic E-state index is -3.63. The molecule has 0 spiro atoms. The summed E-state index contributed by atoms with van der Waals surface area (Å²) in [6.07, 6.45) is 0.366. The maximum Gasteiger partial charge on any atom is 0.252 e. The molecule has 1 aromatic rings. The molecule has 0 bridgehead atoms. The number of ketones is 1. The first kappa shape index (κ1) is 16.1. The molecule has 2 aliphatic rings. The van der Waals surface area contributed by atoms with Crippen LogP contribution in [0.3, 0.4) is 0 Å². The zero-order valence-corrected chi connectivity index (χ0v) is 13.6. The van der Waals surface area contributed by atoms with E-state index in [1.54, 1.807) is 0 Å². The Hall–Kier alpha value is -1.80. The van der Waals surface area contributed by atoms with Crippen LogP contribution in [0.2, 0.25) is 5.02 Å². The molecule has 6 nitrogen and oxygen atoms in total. The Labute approximate surface area is 137 Å². The van der Waals surface area contributed by atoms with Crippen LogP contribution in [0.15, 0.2) is 29.8 Å². The molecular weight excluding hydrogens is 349 g/mol. The molecule has 0 aromatic heterocycles. The molecule has 1 saturated heterocycles. The number of ether oxygens (including phenoxy) is 1. The van der Waals surface area contributed by atoms with Crippen LogP contribution in [0.25, 0.3) is 0 Å². The summed E-state index contributed by atoms with van der Waals surface area (Å²) in [4.78, 5) is 12.4. The summed E-state index contributed by atoms with van der Waals surface area (Å²) in [7, 11) is -3.63. The van der Waals surface area contributed by atoms with E-state index in [0.29, 0.717) is 6.42 Å². The van der Waals surface area contributed by atoms with Gasteiger partial charge >= 0.3 is 0 Å². The Bertz CT molecular complexity index is 838. The van der Waals surface area contributed by atoms with Crippen molar-refractivity contribution in [2.24, 2.45) is 0 Å². The third-order valence-corrected chi connectivity index (χ3v) is 6.06. The molecule has 0 radical (unpaired) electrons. The van der Waals surface area contributed by atoms with Crippen molar-refractivity contribution in [3.05, 3.63) is 46.2 Å². The summed E-state index contributed by atoms with van der Waals surface area (Å²) in [5.74, 6) is -2.70. The second-order valence-electron chi connectivity index (χ2n) is 5.48. The minimum absolute atomic E-state index is 0.0563. The van der Waals surface area contributed by atoms with Gasteiger partial charge in [0.05, 0.1) is 10.8 Å². The number of aliphatic hydroxyl groups excluding tert-OH is 1. The van der Waals surface area contributed by atoms with Gasteiger partial charge in [-0.2, -0.15) is 0 Å². The van der Waals surface area contributed by atoms with E-state index in [0.717, 1.165) is 16.4 Å². The van der Waals surface area contributed by atoms with Crippen LogP contribution in [-0.4, -0.2) is 35.9 Å². The van der Waals surface area contributed by atoms with Crippen molar-refractivity contribution in [2.45, 2.75) is 18.9 Å². The molecule has 124 valence electrons. The summed E-state index contributed by atoms with van der Waals surface area (Å²) in [5, 5.41) is 10.0. The van der Waals surface area contributed by atoms with Crippen LogP contribution in [0.5, 0.6) is 0 Å². The summed E-state index contributed by atoms with van der Waals surface area (Å²) < 4.78 is 43.5. The van der Waals surface area contributed by atoms with Crippen molar-refractivity contribution in [1.29, 1.82) is 0 Å². The first-order valence-corrected chi connectivity index (χ1v) is 8.78. The fraction of sp³-hybridized carbons (Fsp3) is 0.357. The van der Waals surface area contributed by atoms with Gasteiger partial charge in [0.2, 0.25) is 21.4 Å². The molecule has 1 unspecified atom stereocenters. The second kappa shape index (κ2) is 5.10. The van der Waals surface area contributed by atoms with E-state index in [9.17, 15) is 22.7 Å². The number of carbonyl (C=O) groups excluding carboxylic acids is 1. The summed E-state index contributed by atoms with van der Waals surface area (Å²) in [6, 6.07) is 3.38. The summed E-state index contributed by atoms with van der Waals surface area (Å²) >= 11 is 5.97. The van der Waals surface area contributed by atoms with Crippen molar-refractivity contribution in [3.63, 3.8) is 0 Å². The first-order chi connectivity index (χ1) is 10.7. The lowest BCUT2D eigenvalue weighted by Crippen LogP contribution is -2.33. The van der Waals surface area contributed by atoms with Gasteiger partial charge < -0.3 is 9.84 Å². The number of nitrogens with zero attached hydrogens (tertiary/aromatic N) is 1. The lowest BCUT2D eigenvalue weighted by atomic mass is 9.91. The molecule has 0 amide bonds. The molecule has 0 aliphatic carbocycles. The van der Waals surface area contributed by atoms with Crippen molar-refractivity contribution < 1.29 is 27.4 Å². The quantitative estimate of drug-likeness (QED) is 0.871. The van der Waals surface area contributed by atoms with Crippen molar-refractivity contribution in [3.8, 4) is 0 Å². The van der Waals surface area contributed by atoms with Gasteiger partial charge in [-0.3, -0.25) is 4.79 Å². The van der Waals surface area contributed by atoms with Gasteiger partial charge in [0.1, 0.15) is 5.82 Å². The van der Waals surface area contributed by atoms with E-state index in [4.69, 9.17) is 16.3 Å². The first-order valence-electron chi connectivity index (χ1n) is 6.80. The number of rotatable bonds is 2. The van der Waals surface area contributed by atoms with Crippen LogP contribution >= 0.6 is 11.6 Å². The predicted molar refractivity (Wildman–Crippen MR) is 79.6 cm³/mol. The number of hydrogen-bond donors (Lipinski definition) is 1. The van der Waals surface area contributed by atoms with E-state index in [1.165, 1.54) is 13.0 Å². The molecule has 23 heavy (non-hydrogen) atoms. The summed E-state index contributed by atoms with van der Waals surface area (Å²) in [5.41, 5.74) is -1.58. The highest BCUT2D eigenvalue weighted by Gasteiger charge is 2.52. The SMILES string of the molecule is CC1(c2ccc(F)cc2Cl)OC(N2CCCS2(=O)=O)=C(O)C1=O. The second-order valence-corrected chi connectivity index (χ2v) is 7.90. The van der Waals surface area contributed by atoms with Gasteiger partial charge in [-0.25, -0.2) is 17.1 Å². The van der Waals surface area contributed by atoms with E-state index >= 15 is 0 Å². The van der Waals surface area contributed by atoms with Crippen molar-refractivity contribution >= 4 is 27.4 Å². The lowest BCUT2D eigenvalue weighted by Gasteiger charge is -2.26. The zero-order chi connectivity index (χ0) is 17.0. The number of halogens is 2. The highest BCUT2D eigenvalue weighted by atomic mass is 35.5. The largest absolute Gasteiger partial charge is 0.501 e. The third-order valence-electron chi connectivity index (χ3n) is 3.92. The van der Waals surface area contributed by atoms with E-state index in [-0.39, 0.29) is 22.9 Å². The number of carbonyl (C=O) groups is 1. The number of benzene rings is 1. The topological polar surface area (TPSA) is 83.9 Å². The van der Waals surface area contributed by atoms with Gasteiger partial charge in [0.15, 0.2) is 0 Å². The molecule has 3 rings (SSSR count). The number of sulfonamides is 1. The van der Waals surface area contributed by atoms with Crippen molar-refractivity contribution in [1.82, 2.24) is 4.31 Å². The van der Waals surface area contributed by atoms with E-state index in [1.807, 2.05) is 0 Å². The fourth-order valence-electron chi connectivity index (χ4n) is 2.70. The zero-order valence-electron chi connectivity index (χ0n) is 12.0. The van der Waals surface area contributed by atoms with Crippen LogP contribution in [0.1, 0.15) is 18.9 Å². The normalized spacial score (nSPS) is 26.7. The molecule has 9 heteroatoms. The third kappa shape index (κ3) is 2.36. The fourth-order valence-corrected chi connectivity index (χ4v) is 4.55. The van der Waals surface area contributed by atoms with Gasteiger partial charge in [-0.1, -0.05) is 17.7 Å².